The van der Waals surface area contributed by atoms with Gasteiger partial charge in [-0.2, -0.15) is 0 Å². The number of hydrogen-bond acceptors (Lipinski definition) is 12. The van der Waals surface area contributed by atoms with E-state index >= 15 is 0 Å². The van der Waals surface area contributed by atoms with Gasteiger partial charge in [-0.25, -0.2) is 18.9 Å². The third kappa shape index (κ3) is 10.8. The summed E-state index contributed by atoms with van der Waals surface area (Å²) < 4.78 is 62.3. The maximum atomic E-state index is 14.6. The zero-order chi connectivity index (χ0) is 38.5. The maximum Gasteiger partial charge on any atom is 0.477 e. The van der Waals surface area contributed by atoms with Crippen LogP contribution in [0.2, 0.25) is 0 Å². The summed E-state index contributed by atoms with van der Waals surface area (Å²) in [5.74, 6) is -2.26. The smallest absolute Gasteiger partial charge is 0.459 e. The number of phosphoric ester groups is 1. The number of carbonyl (C=O) groups excluding carboxylic acids is 3. The Morgan fingerprint density at radius 1 is 0.545 bits per heavy atom. The van der Waals surface area contributed by atoms with Crippen molar-refractivity contribution in [2.24, 2.45) is 0 Å². The van der Waals surface area contributed by atoms with Gasteiger partial charge in [0.05, 0.1) is 29.9 Å². The number of phosphoric acid groups is 1. The molecule has 5 atom stereocenters. The van der Waals surface area contributed by atoms with Crippen LogP contribution in [-0.2, 0) is 55.0 Å². The normalized spacial score (nSPS) is 19.5. The minimum absolute atomic E-state index is 0.177. The first-order valence-corrected chi connectivity index (χ1v) is 18.9. The lowest BCUT2D eigenvalue weighted by atomic mass is 9.98. The van der Waals surface area contributed by atoms with Crippen LogP contribution in [0.25, 0.3) is 0 Å². The van der Waals surface area contributed by atoms with E-state index in [0.29, 0.717) is 11.1 Å². The number of carbonyl (C=O) groups is 3. The summed E-state index contributed by atoms with van der Waals surface area (Å²) >= 11 is 0. The molecule has 0 N–H and O–H groups in total. The van der Waals surface area contributed by atoms with Crippen LogP contribution in [0.5, 0.6) is 0 Å². The van der Waals surface area contributed by atoms with E-state index in [4.69, 9.17) is 37.3 Å². The van der Waals surface area contributed by atoms with Crippen LogP contribution in [0.3, 0.4) is 0 Å². The first kappa shape index (κ1) is 39.2. The van der Waals surface area contributed by atoms with Crippen molar-refractivity contribution in [1.82, 2.24) is 0 Å². The van der Waals surface area contributed by atoms with Gasteiger partial charge in [0.1, 0.15) is 18.8 Å². The number of methoxy groups -OCH3 is 1. The van der Waals surface area contributed by atoms with Crippen molar-refractivity contribution in [2.45, 2.75) is 43.9 Å². The van der Waals surface area contributed by atoms with E-state index in [-0.39, 0.29) is 29.9 Å². The molecule has 0 spiro atoms. The van der Waals surface area contributed by atoms with E-state index in [1.807, 2.05) is 12.1 Å². The molecule has 13 heteroatoms. The number of esters is 3. The number of benzene rings is 5. The van der Waals surface area contributed by atoms with Crippen molar-refractivity contribution in [3.05, 3.63) is 179 Å². The molecule has 1 aliphatic rings. The average molecular weight is 767 g/mol. The molecule has 284 valence electrons. The van der Waals surface area contributed by atoms with E-state index in [1.54, 1.807) is 140 Å². The highest BCUT2D eigenvalue weighted by Crippen LogP contribution is 2.53. The van der Waals surface area contributed by atoms with Gasteiger partial charge in [-0.3, -0.25) is 13.6 Å². The molecule has 0 aromatic heterocycles. The molecule has 1 aliphatic heterocycles. The summed E-state index contributed by atoms with van der Waals surface area (Å²) in [6.07, 6.45) is -7.26. The van der Waals surface area contributed by atoms with Gasteiger partial charge in [0.25, 0.3) is 0 Å². The SMILES string of the molecule is CO[C@@H]1[C@H](OC(=O)c2ccccc2)[C@@H](OP(=O)(OCc2ccccc2)OCc2ccccc2)O[C@H](COC(=O)c2ccccc2)[C@H]1OC(=O)c1ccccc1. The predicted octanol–water partition coefficient (Wildman–Crippen LogP) is 7.59. The van der Waals surface area contributed by atoms with Crippen molar-refractivity contribution in [1.29, 1.82) is 0 Å². The van der Waals surface area contributed by atoms with Gasteiger partial charge in [-0.1, -0.05) is 115 Å². The Balaban J connectivity index is 1.35. The minimum Gasteiger partial charge on any atom is -0.459 e. The lowest BCUT2D eigenvalue weighted by molar-refractivity contribution is -0.284. The zero-order valence-corrected chi connectivity index (χ0v) is 30.7. The Labute approximate surface area is 318 Å². The third-order valence-corrected chi connectivity index (χ3v) is 9.81. The van der Waals surface area contributed by atoms with Crippen LogP contribution in [0.15, 0.2) is 152 Å². The summed E-state index contributed by atoms with van der Waals surface area (Å²) in [6.45, 7) is -0.853. The third-order valence-electron chi connectivity index (χ3n) is 8.45. The highest BCUT2D eigenvalue weighted by Gasteiger charge is 2.54. The van der Waals surface area contributed by atoms with E-state index in [2.05, 4.69) is 0 Å². The molecule has 12 nitrogen and oxygen atoms in total. The highest BCUT2D eigenvalue weighted by atomic mass is 31.2. The molecular formula is C42H39O12P. The van der Waals surface area contributed by atoms with Crippen LogP contribution in [0, 0.1) is 0 Å². The minimum atomic E-state index is -4.60. The van der Waals surface area contributed by atoms with Crippen molar-refractivity contribution in [3.63, 3.8) is 0 Å². The summed E-state index contributed by atoms with van der Waals surface area (Å²) in [7, 11) is -3.29. The Morgan fingerprint density at radius 3 is 1.38 bits per heavy atom. The Morgan fingerprint density at radius 2 is 0.945 bits per heavy atom. The van der Waals surface area contributed by atoms with Crippen molar-refractivity contribution in [3.8, 4) is 0 Å². The van der Waals surface area contributed by atoms with Crippen molar-refractivity contribution >= 4 is 25.7 Å². The Bertz CT molecular complexity index is 1970. The van der Waals surface area contributed by atoms with Crippen LogP contribution >= 0.6 is 7.82 Å². The van der Waals surface area contributed by atoms with Crippen molar-refractivity contribution in [2.75, 3.05) is 13.7 Å². The predicted molar refractivity (Wildman–Crippen MR) is 199 cm³/mol. The summed E-state index contributed by atoms with van der Waals surface area (Å²) in [5, 5.41) is 0. The monoisotopic (exact) mass is 766 g/mol. The number of ether oxygens (including phenoxy) is 5. The average Bonchev–Trinajstić information content (AvgIpc) is 3.24. The van der Waals surface area contributed by atoms with Crippen LogP contribution in [0.4, 0.5) is 0 Å². The first-order chi connectivity index (χ1) is 26.8. The molecule has 0 bridgehead atoms. The van der Waals surface area contributed by atoms with Crippen molar-refractivity contribution < 1.29 is 56.2 Å². The molecule has 1 saturated heterocycles. The first-order valence-electron chi connectivity index (χ1n) is 17.4. The summed E-state index contributed by atoms with van der Waals surface area (Å²) in [6, 6.07) is 42.5. The van der Waals surface area contributed by atoms with Gasteiger partial charge in [0.15, 0.2) is 12.2 Å². The molecule has 0 unspecified atom stereocenters. The molecule has 0 saturated carbocycles. The molecule has 0 aliphatic carbocycles. The van der Waals surface area contributed by atoms with E-state index in [9.17, 15) is 18.9 Å². The molecule has 5 aromatic carbocycles. The Kier molecular flexibility index (Phi) is 13.7. The molecule has 6 rings (SSSR count). The lowest BCUT2D eigenvalue weighted by Crippen LogP contribution is -2.62. The summed E-state index contributed by atoms with van der Waals surface area (Å²) in [5.41, 5.74) is 1.98. The molecule has 1 heterocycles. The van der Waals surface area contributed by atoms with Gasteiger partial charge in [0.2, 0.25) is 6.29 Å². The van der Waals surface area contributed by atoms with E-state index in [1.165, 1.54) is 7.11 Å². The second-order valence-electron chi connectivity index (χ2n) is 12.3. The molecular weight excluding hydrogens is 727 g/mol. The summed E-state index contributed by atoms with van der Waals surface area (Å²) in [4.78, 5) is 40.2. The molecule has 55 heavy (non-hydrogen) atoms. The van der Waals surface area contributed by atoms with Crippen LogP contribution < -0.4 is 0 Å². The van der Waals surface area contributed by atoms with Gasteiger partial charge in [-0.05, 0) is 47.5 Å². The van der Waals surface area contributed by atoms with E-state index in [0.717, 1.165) is 0 Å². The van der Waals surface area contributed by atoms with Gasteiger partial charge in [0, 0.05) is 7.11 Å². The van der Waals surface area contributed by atoms with Gasteiger partial charge < -0.3 is 23.7 Å². The zero-order valence-electron chi connectivity index (χ0n) is 29.8. The molecule has 1 fully saturated rings. The number of rotatable bonds is 16. The molecule has 0 radical (unpaired) electrons. The van der Waals surface area contributed by atoms with E-state index < -0.39 is 63.0 Å². The fourth-order valence-electron chi connectivity index (χ4n) is 5.66. The standard InChI is InChI=1S/C42H39O12P/c1-47-37-36(52-40(44)33-23-13-5-14-24-33)35(29-48-39(43)32-21-11-4-12-22-32)51-42(38(37)53-41(45)34-25-15-6-16-26-34)54-55(46,49-27-30-17-7-2-8-18-30)50-28-31-19-9-3-10-20-31/h2-26,35-38,42H,27-29H2,1H3/t35-,36-,37+,38+,42-/m1/s1. The maximum absolute atomic E-state index is 14.6. The van der Waals surface area contributed by atoms with Crippen LogP contribution in [-0.4, -0.2) is 62.3 Å². The molecule has 5 aromatic rings. The largest absolute Gasteiger partial charge is 0.477 e. The number of hydrogen-bond donors (Lipinski definition) is 0. The Hall–Kier alpha value is -5.46. The van der Waals surface area contributed by atoms with Gasteiger partial charge in [-0.15, -0.1) is 0 Å². The van der Waals surface area contributed by atoms with Crippen LogP contribution in [0.1, 0.15) is 42.2 Å². The quantitative estimate of drug-likeness (QED) is 0.0555. The lowest BCUT2D eigenvalue weighted by Gasteiger charge is -2.44. The second kappa shape index (κ2) is 19.2. The topological polar surface area (TPSA) is 142 Å². The molecule has 0 amide bonds. The fourth-order valence-corrected chi connectivity index (χ4v) is 6.90. The fraction of sp³-hybridized carbons (Fsp3) is 0.214. The highest BCUT2D eigenvalue weighted by molar-refractivity contribution is 7.48. The second-order valence-corrected chi connectivity index (χ2v) is 13.9. The van der Waals surface area contributed by atoms with Gasteiger partial charge >= 0.3 is 25.7 Å².